The summed E-state index contributed by atoms with van der Waals surface area (Å²) in [6.45, 7) is 5.47. The van der Waals surface area contributed by atoms with Crippen LogP contribution in [-0.2, 0) is 4.79 Å². The highest BCUT2D eigenvalue weighted by Crippen LogP contribution is 2.27. The van der Waals surface area contributed by atoms with Crippen LogP contribution in [0.4, 0.5) is 4.39 Å². The van der Waals surface area contributed by atoms with Crippen molar-refractivity contribution in [2.45, 2.75) is 77.7 Å². The number of rotatable bonds is 15. The summed E-state index contributed by atoms with van der Waals surface area (Å²) in [5.41, 5.74) is 0.911. The van der Waals surface area contributed by atoms with Gasteiger partial charge in [0.25, 0.3) is 5.56 Å². The molecule has 6 nitrogen and oxygen atoms in total. The Kier molecular flexibility index (Phi) is 11.5. The van der Waals surface area contributed by atoms with E-state index in [2.05, 4.69) is 11.8 Å². The number of hydrogen-bond donors (Lipinski definition) is 0. The lowest BCUT2D eigenvalue weighted by Crippen LogP contribution is -2.41. The molecule has 206 valence electrons. The second-order valence-electron chi connectivity index (χ2n) is 10.3. The molecule has 0 fully saturated rings. The Morgan fingerprint density at radius 1 is 0.921 bits per heavy atom. The van der Waals surface area contributed by atoms with Crippen molar-refractivity contribution in [1.82, 2.24) is 19.4 Å². The number of carbonyl (C=O) groups excluding carboxylic acids is 1. The van der Waals surface area contributed by atoms with E-state index in [0.717, 1.165) is 19.3 Å². The Labute approximate surface area is 226 Å². The quantitative estimate of drug-likeness (QED) is 0.214. The zero-order valence-electron chi connectivity index (χ0n) is 23.5. The van der Waals surface area contributed by atoms with Gasteiger partial charge in [0.2, 0.25) is 5.91 Å². The lowest BCUT2D eigenvalue weighted by Gasteiger charge is -2.33. The van der Waals surface area contributed by atoms with Crippen molar-refractivity contribution in [3.05, 3.63) is 70.5 Å². The van der Waals surface area contributed by atoms with Crippen molar-refractivity contribution in [2.75, 3.05) is 27.2 Å². The molecule has 0 N–H and O–H groups in total. The maximum Gasteiger partial charge on any atom is 0.266 e. The van der Waals surface area contributed by atoms with Crippen molar-refractivity contribution >= 4 is 16.8 Å². The molecular weight excluding hydrogens is 479 g/mol. The highest BCUT2D eigenvalue weighted by atomic mass is 19.1. The maximum absolute atomic E-state index is 13.8. The minimum atomic E-state index is -0.394. The number of hydrogen-bond acceptors (Lipinski definition) is 4. The number of amides is 1. The molecule has 1 aromatic heterocycles. The van der Waals surface area contributed by atoms with E-state index in [0.29, 0.717) is 48.3 Å². The van der Waals surface area contributed by atoms with Crippen molar-refractivity contribution in [3.63, 3.8) is 0 Å². The zero-order chi connectivity index (χ0) is 27.5. The van der Waals surface area contributed by atoms with Gasteiger partial charge >= 0.3 is 0 Å². The average molecular weight is 523 g/mol. The summed E-state index contributed by atoms with van der Waals surface area (Å²) >= 11 is 0. The molecule has 0 bridgehead atoms. The minimum Gasteiger partial charge on any atom is -0.331 e. The average Bonchev–Trinajstić information content (AvgIpc) is 2.91. The summed E-state index contributed by atoms with van der Waals surface area (Å²) in [7, 11) is 3.98. The van der Waals surface area contributed by atoms with Gasteiger partial charge in [0, 0.05) is 19.5 Å². The molecule has 38 heavy (non-hydrogen) atoms. The first kappa shape index (κ1) is 29.5. The Bertz CT molecular complexity index is 1220. The third-order valence-corrected chi connectivity index (χ3v) is 7.05. The predicted molar refractivity (Wildman–Crippen MR) is 153 cm³/mol. The number of nitrogens with zero attached hydrogens (tertiary/aromatic N) is 4. The lowest BCUT2D eigenvalue weighted by atomic mass is 10.1. The highest BCUT2D eigenvalue weighted by molar-refractivity contribution is 5.79. The number of aromatic nitrogens is 2. The Balaban J connectivity index is 1.98. The summed E-state index contributed by atoms with van der Waals surface area (Å²) in [6.07, 6.45) is 9.10. The summed E-state index contributed by atoms with van der Waals surface area (Å²) < 4.78 is 15.3. The molecule has 3 aromatic rings. The first-order valence-corrected chi connectivity index (χ1v) is 14.1. The smallest absolute Gasteiger partial charge is 0.266 e. The van der Waals surface area contributed by atoms with Gasteiger partial charge in [-0.05, 0) is 63.3 Å². The van der Waals surface area contributed by atoms with Gasteiger partial charge in [0.05, 0.1) is 22.6 Å². The zero-order valence-corrected chi connectivity index (χ0v) is 23.5. The fourth-order valence-corrected chi connectivity index (χ4v) is 4.89. The van der Waals surface area contributed by atoms with Crippen molar-refractivity contribution in [1.29, 1.82) is 0 Å². The van der Waals surface area contributed by atoms with Crippen LogP contribution in [0.1, 0.15) is 83.5 Å². The molecule has 2 aromatic carbocycles. The molecule has 7 heteroatoms. The summed E-state index contributed by atoms with van der Waals surface area (Å²) in [5.74, 6) is 0.219. The van der Waals surface area contributed by atoms with Gasteiger partial charge in [-0.25, -0.2) is 9.37 Å². The van der Waals surface area contributed by atoms with E-state index in [4.69, 9.17) is 4.98 Å². The molecule has 0 aliphatic carbocycles. The van der Waals surface area contributed by atoms with Gasteiger partial charge in [-0.1, -0.05) is 64.5 Å². The number of halogens is 1. The number of fused-ring (bicyclic) bond motifs is 1. The first-order chi connectivity index (χ1) is 18.4. The van der Waals surface area contributed by atoms with Gasteiger partial charge < -0.3 is 9.80 Å². The van der Waals surface area contributed by atoms with Crippen molar-refractivity contribution < 1.29 is 9.18 Å². The van der Waals surface area contributed by atoms with Gasteiger partial charge in [-0.15, -0.1) is 0 Å². The molecule has 1 heterocycles. The topological polar surface area (TPSA) is 58.4 Å². The molecule has 0 radical (unpaired) electrons. The van der Waals surface area contributed by atoms with E-state index < -0.39 is 6.04 Å². The highest BCUT2D eigenvalue weighted by Gasteiger charge is 2.28. The lowest BCUT2D eigenvalue weighted by molar-refractivity contribution is -0.134. The summed E-state index contributed by atoms with van der Waals surface area (Å²) in [4.78, 5) is 36.3. The summed E-state index contributed by atoms with van der Waals surface area (Å²) in [5, 5.41) is 0.490. The Morgan fingerprint density at radius 3 is 2.24 bits per heavy atom. The first-order valence-electron chi connectivity index (χ1n) is 14.1. The van der Waals surface area contributed by atoms with E-state index in [-0.39, 0.29) is 17.3 Å². The fourth-order valence-electron chi connectivity index (χ4n) is 4.89. The SMILES string of the molecule is CCCCCCCCCC(=O)N(CCN(C)C)C(CC)c1nc2ccccc2c(=O)n1-c1ccc(F)cc1. The Morgan fingerprint density at radius 2 is 1.58 bits per heavy atom. The number of para-hydroxylation sites is 1. The van der Waals surface area contributed by atoms with Gasteiger partial charge in [0.1, 0.15) is 11.6 Å². The molecule has 1 amide bonds. The molecule has 3 rings (SSSR count). The van der Waals surface area contributed by atoms with Gasteiger partial charge in [-0.3, -0.25) is 14.2 Å². The van der Waals surface area contributed by atoms with Crippen LogP contribution in [0.5, 0.6) is 0 Å². The molecule has 1 atom stereocenters. The van der Waals surface area contributed by atoms with E-state index in [1.54, 1.807) is 22.8 Å². The fraction of sp³-hybridized carbons (Fsp3) is 0.516. The second-order valence-corrected chi connectivity index (χ2v) is 10.3. The van der Waals surface area contributed by atoms with E-state index >= 15 is 0 Å². The van der Waals surface area contributed by atoms with Crippen molar-refractivity contribution in [2.24, 2.45) is 0 Å². The monoisotopic (exact) mass is 522 g/mol. The van der Waals surface area contributed by atoms with Crippen LogP contribution < -0.4 is 5.56 Å². The third kappa shape index (κ3) is 7.73. The molecule has 0 saturated heterocycles. The van der Waals surface area contributed by atoms with Crippen LogP contribution in [0.15, 0.2) is 53.3 Å². The van der Waals surface area contributed by atoms with Crippen LogP contribution >= 0.6 is 0 Å². The molecule has 1 unspecified atom stereocenters. The van der Waals surface area contributed by atoms with Gasteiger partial charge in [0.15, 0.2) is 0 Å². The number of unbranched alkanes of at least 4 members (excludes halogenated alkanes) is 6. The second kappa shape index (κ2) is 14.8. The minimum absolute atomic E-state index is 0.0836. The normalized spacial score (nSPS) is 12.3. The summed E-state index contributed by atoms with van der Waals surface area (Å²) in [6, 6.07) is 12.7. The molecule has 0 aliphatic heterocycles. The van der Waals surface area contributed by atoms with Crippen LogP contribution in [0.3, 0.4) is 0 Å². The van der Waals surface area contributed by atoms with E-state index in [1.165, 1.54) is 37.8 Å². The van der Waals surface area contributed by atoms with Crippen LogP contribution in [0, 0.1) is 5.82 Å². The predicted octanol–water partition coefficient (Wildman–Crippen LogP) is 6.51. The molecular formula is C31H43FN4O2. The molecule has 0 spiro atoms. The number of likely N-dealkylation sites (N-methyl/N-ethyl adjacent to an activating group) is 1. The Hall–Kier alpha value is -3.06. The van der Waals surface area contributed by atoms with Crippen LogP contribution in [-0.4, -0.2) is 52.4 Å². The van der Waals surface area contributed by atoms with E-state index in [9.17, 15) is 14.0 Å². The van der Waals surface area contributed by atoms with E-state index in [1.807, 2.05) is 44.1 Å². The maximum atomic E-state index is 13.8. The number of benzene rings is 2. The standard InChI is InChI=1S/C31H43FN4O2/c1-5-7-8-9-10-11-12-17-29(37)35(23-22-34(3)4)28(6-2)30-33-27-16-14-13-15-26(27)31(38)36(30)25-20-18-24(32)19-21-25/h13-16,18-21,28H,5-12,17,22-23H2,1-4H3. The van der Waals surface area contributed by atoms with Gasteiger partial charge in [-0.2, -0.15) is 0 Å². The molecule has 0 saturated carbocycles. The van der Waals surface area contributed by atoms with Crippen molar-refractivity contribution in [3.8, 4) is 5.69 Å². The largest absolute Gasteiger partial charge is 0.331 e. The van der Waals surface area contributed by atoms with Crippen LogP contribution in [0.25, 0.3) is 16.6 Å². The third-order valence-electron chi connectivity index (χ3n) is 7.05. The van der Waals surface area contributed by atoms with Crippen LogP contribution in [0.2, 0.25) is 0 Å². The number of carbonyl (C=O) groups is 1. The molecule has 0 aliphatic rings.